The third-order valence-corrected chi connectivity index (χ3v) is 6.20. The van der Waals surface area contributed by atoms with E-state index in [1.54, 1.807) is 4.90 Å². The average Bonchev–Trinajstić information content (AvgIpc) is 3.35. The number of carbonyl (C=O) groups is 4. The number of piperidine rings is 2. The maximum absolute atomic E-state index is 12.6. The van der Waals surface area contributed by atoms with Gasteiger partial charge in [0.15, 0.2) is 5.76 Å². The fourth-order valence-corrected chi connectivity index (χ4v) is 4.26. The first kappa shape index (κ1) is 23.8. The molecule has 1 aromatic heterocycles. The number of nitrogens with zero attached hydrogens (tertiary/aromatic N) is 1. The van der Waals surface area contributed by atoms with Gasteiger partial charge in [-0.2, -0.15) is 0 Å². The summed E-state index contributed by atoms with van der Waals surface area (Å²) in [5.41, 5.74) is 0. The van der Waals surface area contributed by atoms with Gasteiger partial charge in [0.05, 0.1) is 12.2 Å². The summed E-state index contributed by atoms with van der Waals surface area (Å²) in [6.45, 7) is 2.74. The predicted octanol–water partition coefficient (Wildman–Crippen LogP) is 0.597. The molecule has 2 atom stereocenters. The minimum Gasteiger partial charge on any atom is -0.480 e. The zero-order valence-corrected chi connectivity index (χ0v) is 18.2. The zero-order valence-electron chi connectivity index (χ0n) is 18.2. The summed E-state index contributed by atoms with van der Waals surface area (Å²) in [7, 11) is 0. The van der Waals surface area contributed by atoms with Crippen LogP contribution < -0.4 is 16.0 Å². The van der Waals surface area contributed by atoms with Gasteiger partial charge in [0, 0.05) is 26.1 Å². The summed E-state index contributed by atoms with van der Waals surface area (Å²) >= 11 is 0. The van der Waals surface area contributed by atoms with E-state index >= 15 is 0 Å². The van der Waals surface area contributed by atoms with Crippen molar-refractivity contribution >= 4 is 23.7 Å². The zero-order chi connectivity index (χ0) is 22.9. The van der Waals surface area contributed by atoms with Crippen LogP contribution in [0.15, 0.2) is 22.8 Å². The highest BCUT2D eigenvalue weighted by Gasteiger charge is 2.30. The Hall–Kier alpha value is -2.88. The second-order valence-corrected chi connectivity index (χ2v) is 8.50. The summed E-state index contributed by atoms with van der Waals surface area (Å²) in [5, 5.41) is 17.6. The molecule has 3 rings (SSSR count). The number of carboxylic acids is 1. The SMILES string of the molecule is O=C(NC(CNC(=O)[C@@H]1CCCN(C(=O)CCC2CCNCC2)C1)C(=O)O)c1ccco1. The van der Waals surface area contributed by atoms with Gasteiger partial charge in [0.2, 0.25) is 11.8 Å². The van der Waals surface area contributed by atoms with Crippen molar-refractivity contribution in [3.63, 3.8) is 0 Å². The van der Waals surface area contributed by atoms with Gasteiger partial charge in [-0.05, 0) is 63.2 Å². The van der Waals surface area contributed by atoms with Gasteiger partial charge in [0.25, 0.3) is 5.91 Å². The average molecular weight is 449 g/mol. The molecule has 32 heavy (non-hydrogen) atoms. The molecule has 1 unspecified atom stereocenters. The molecule has 0 radical (unpaired) electrons. The van der Waals surface area contributed by atoms with E-state index in [9.17, 15) is 24.3 Å². The Morgan fingerprint density at radius 2 is 2.00 bits per heavy atom. The summed E-state index contributed by atoms with van der Waals surface area (Å²) in [5.74, 6) is -1.97. The van der Waals surface area contributed by atoms with E-state index in [2.05, 4.69) is 16.0 Å². The van der Waals surface area contributed by atoms with E-state index in [-0.39, 0.29) is 30.0 Å². The van der Waals surface area contributed by atoms with Gasteiger partial charge >= 0.3 is 5.97 Å². The van der Waals surface area contributed by atoms with Gasteiger partial charge in [0.1, 0.15) is 6.04 Å². The van der Waals surface area contributed by atoms with Gasteiger partial charge in [-0.1, -0.05) is 0 Å². The topological polar surface area (TPSA) is 141 Å². The lowest BCUT2D eigenvalue weighted by atomic mass is 9.92. The number of nitrogens with one attached hydrogen (secondary N) is 3. The highest BCUT2D eigenvalue weighted by atomic mass is 16.4. The Kier molecular flexibility index (Phi) is 8.66. The lowest BCUT2D eigenvalue weighted by molar-refractivity contribution is -0.139. The van der Waals surface area contributed by atoms with E-state index in [0.29, 0.717) is 31.8 Å². The van der Waals surface area contributed by atoms with Gasteiger partial charge < -0.3 is 30.4 Å². The van der Waals surface area contributed by atoms with Crippen molar-refractivity contribution in [2.75, 3.05) is 32.7 Å². The number of hydrogen-bond acceptors (Lipinski definition) is 6. The van der Waals surface area contributed by atoms with Crippen molar-refractivity contribution in [3.05, 3.63) is 24.2 Å². The third-order valence-electron chi connectivity index (χ3n) is 6.20. The van der Waals surface area contributed by atoms with Gasteiger partial charge in [-0.15, -0.1) is 0 Å². The van der Waals surface area contributed by atoms with E-state index in [0.717, 1.165) is 38.8 Å². The molecular formula is C22H32N4O6. The molecule has 10 nitrogen and oxygen atoms in total. The summed E-state index contributed by atoms with van der Waals surface area (Å²) < 4.78 is 4.96. The fourth-order valence-electron chi connectivity index (χ4n) is 4.26. The summed E-state index contributed by atoms with van der Waals surface area (Å²) in [6.07, 6.45) is 6.26. The molecule has 0 bridgehead atoms. The van der Waals surface area contributed by atoms with Crippen molar-refractivity contribution in [2.24, 2.45) is 11.8 Å². The second kappa shape index (κ2) is 11.7. The van der Waals surface area contributed by atoms with Crippen LogP contribution in [0.25, 0.3) is 0 Å². The Balaban J connectivity index is 1.44. The molecule has 0 spiro atoms. The number of furan rings is 1. The molecule has 2 saturated heterocycles. The van der Waals surface area contributed by atoms with E-state index in [4.69, 9.17) is 4.42 Å². The molecule has 3 heterocycles. The summed E-state index contributed by atoms with van der Waals surface area (Å²) in [6, 6.07) is 1.66. The number of carbonyl (C=O) groups excluding carboxylic acids is 3. The molecule has 0 aromatic carbocycles. The van der Waals surface area contributed by atoms with Crippen LogP contribution in [-0.4, -0.2) is 72.5 Å². The van der Waals surface area contributed by atoms with Crippen LogP contribution in [0.3, 0.4) is 0 Å². The Morgan fingerprint density at radius 1 is 1.22 bits per heavy atom. The van der Waals surface area contributed by atoms with E-state index in [1.807, 2.05) is 0 Å². The molecule has 1 aromatic rings. The van der Waals surface area contributed by atoms with Crippen LogP contribution in [0, 0.1) is 11.8 Å². The molecule has 176 valence electrons. The van der Waals surface area contributed by atoms with Crippen molar-refractivity contribution in [3.8, 4) is 0 Å². The van der Waals surface area contributed by atoms with Crippen LogP contribution in [0.1, 0.15) is 49.1 Å². The number of amides is 3. The maximum Gasteiger partial charge on any atom is 0.328 e. The first-order valence-electron chi connectivity index (χ1n) is 11.3. The number of hydrogen-bond donors (Lipinski definition) is 4. The van der Waals surface area contributed by atoms with Crippen molar-refractivity contribution < 1.29 is 28.7 Å². The molecule has 2 aliphatic heterocycles. The highest BCUT2D eigenvalue weighted by Crippen LogP contribution is 2.21. The Bertz CT molecular complexity index is 790. The largest absolute Gasteiger partial charge is 0.480 e. The van der Waals surface area contributed by atoms with Crippen LogP contribution in [0.2, 0.25) is 0 Å². The van der Waals surface area contributed by atoms with E-state index < -0.39 is 17.9 Å². The highest BCUT2D eigenvalue weighted by molar-refractivity contribution is 5.94. The smallest absolute Gasteiger partial charge is 0.328 e. The monoisotopic (exact) mass is 448 g/mol. The maximum atomic E-state index is 12.6. The van der Waals surface area contributed by atoms with Crippen LogP contribution >= 0.6 is 0 Å². The van der Waals surface area contributed by atoms with Gasteiger partial charge in [-0.3, -0.25) is 14.4 Å². The quantitative estimate of drug-likeness (QED) is 0.433. The minimum absolute atomic E-state index is 0.00602. The lowest BCUT2D eigenvalue weighted by Gasteiger charge is -2.33. The first-order valence-corrected chi connectivity index (χ1v) is 11.3. The molecule has 4 N–H and O–H groups in total. The Morgan fingerprint density at radius 3 is 2.69 bits per heavy atom. The second-order valence-electron chi connectivity index (χ2n) is 8.50. The first-order chi connectivity index (χ1) is 15.4. The number of likely N-dealkylation sites (tertiary alicyclic amines) is 1. The van der Waals surface area contributed by atoms with Crippen LogP contribution in [-0.2, 0) is 14.4 Å². The number of rotatable bonds is 9. The normalized spacial score (nSPS) is 20.4. The minimum atomic E-state index is -1.29. The van der Waals surface area contributed by atoms with Crippen molar-refractivity contribution in [1.82, 2.24) is 20.9 Å². The van der Waals surface area contributed by atoms with Gasteiger partial charge in [-0.25, -0.2) is 4.79 Å². The number of aliphatic carboxylic acids is 1. The summed E-state index contributed by atoms with van der Waals surface area (Å²) in [4.78, 5) is 50.5. The van der Waals surface area contributed by atoms with Crippen molar-refractivity contribution in [2.45, 2.75) is 44.6 Å². The molecule has 0 saturated carbocycles. The standard InChI is InChI=1S/C22H32N4O6/c27-19(6-5-15-7-9-23-10-8-15)26-11-1-3-16(14-26)20(28)24-13-17(22(30)31)25-21(29)18-4-2-12-32-18/h2,4,12,15-17,23H,1,3,5-11,13-14H2,(H,24,28)(H,25,29)(H,30,31)/t16-,17?/m1/s1. The van der Waals surface area contributed by atoms with E-state index in [1.165, 1.54) is 18.4 Å². The third kappa shape index (κ3) is 6.81. The molecule has 10 heteroatoms. The molecule has 2 aliphatic rings. The molecule has 2 fully saturated rings. The van der Waals surface area contributed by atoms with Crippen molar-refractivity contribution in [1.29, 1.82) is 0 Å². The Labute approximate surface area is 187 Å². The van der Waals surface area contributed by atoms with Crippen LogP contribution in [0.4, 0.5) is 0 Å². The molecule has 0 aliphatic carbocycles. The molecular weight excluding hydrogens is 416 g/mol. The fraction of sp³-hybridized carbons (Fsp3) is 0.636. The van der Waals surface area contributed by atoms with Crippen LogP contribution in [0.5, 0.6) is 0 Å². The lowest BCUT2D eigenvalue weighted by Crippen LogP contribution is -2.51. The number of carboxylic acid groups (broad SMARTS) is 1. The molecule has 3 amide bonds. The predicted molar refractivity (Wildman–Crippen MR) is 115 cm³/mol.